The first-order valence-electron chi connectivity index (χ1n) is 6.64. The van der Waals surface area contributed by atoms with E-state index in [2.05, 4.69) is 5.10 Å². The van der Waals surface area contributed by atoms with Crippen LogP contribution in [0.1, 0.15) is 23.0 Å². The standard InChI is InChI=1S/C12H19N3O4S2/c1-3-21(18,19)11-8-20-5-4-15(11)7-10-9(12(16)17)6-13-14(10)2/h6,11H,3-5,7-8H2,1-2H3,(H,16,17). The Morgan fingerprint density at radius 2 is 2.29 bits per heavy atom. The molecule has 0 aliphatic carbocycles. The van der Waals surface area contributed by atoms with E-state index in [4.69, 9.17) is 0 Å². The van der Waals surface area contributed by atoms with Gasteiger partial charge in [-0.15, -0.1) is 0 Å². The summed E-state index contributed by atoms with van der Waals surface area (Å²) in [6.07, 6.45) is 1.31. The molecule has 21 heavy (non-hydrogen) atoms. The predicted molar refractivity (Wildman–Crippen MR) is 81.2 cm³/mol. The molecule has 0 saturated carbocycles. The van der Waals surface area contributed by atoms with Crippen molar-refractivity contribution in [3.63, 3.8) is 0 Å². The fourth-order valence-electron chi connectivity index (χ4n) is 2.34. The molecule has 2 rings (SSSR count). The molecule has 1 N–H and O–H groups in total. The summed E-state index contributed by atoms with van der Waals surface area (Å²) in [6.45, 7) is 2.54. The highest BCUT2D eigenvalue weighted by Crippen LogP contribution is 2.24. The van der Waals surface area contributed by atoms with Crippen molar-refractivity contribution in [3.8, 4) is 0 Å². The fraction of sp³-hybridized carbons (Fsp3) is 0.667. The molecule has 2 heterocycles. The Hall–Kier alpha value is -1.06. The van der Waals surface area contributed by atoms with Crippen LogP contribution >= 0.6 is 11.8 Å². The van der Waals surface area contributed by atoms with E-state index in [1.165, 1.54) is 10.9 Å². The molecule has 0 bridgehead atoms. The molecule has 0 radical (unpaired) electrons. The lowest BCUT2D eigenvalue weighted by Crippen LogP contribution is -2.47. The van der Waals surface area contributed by atoms with Crippen LogP contribution in [0.2, 0.25) is 0 Å². The Morgan fingerprint density at radius 3 is 2.90 bits per heavy atom. The SMILES string of the molecule is CCS(=O)(=O)C1CSCCN1Cc1c(C(=O)O)cnn1C. The van der Waals surface area contributed by atoms with Crippen molar-refractivity contribution in [1.82, 2.24) is 14.7 Å². The minimum absolute atomic E-state index is 0.0892. The molecule has 1 aliphatic rings. The maximum atomic E-state index is 12.2. The number of hydrogen-bond donors (Lipinski definition) is 1. The van der Waals surface area contributed by atoms with Crippen LogP contribution in [0, 0.1) is 0 Å². The monoisotopic (exact) mass is 333 g/mol. The number of aromatic nitrogens is 2. The summed E-state index contributed by atoms with van der Waals surface area (Å²) in [5.41, 5.74) is 0.661. The number of sulfone groups is 1. The van der Waals surface area contributed by atoms with E-state index in [1.807, 2.05) is 4.90 Å². The van der Waals surface area contributed by atoms with E-state index in [0.717, 1.165) is 5.75 Å². The topological polar surface area (TPSA) is 92.5 Å². The van der Waals surface area contributed by atoms with Crippen LogP contribution in [0.15, 0.2) is 6.20 Å². The van der Waals surface area contributed by atoms with E-state index in [1.54, 1.807) is 25.7 Å². The highest BCUT2D eigenvalue weighted by molar-refractivity contribution is 8.01. The number of aromatic carboxylic acids is 1. The van der Waals surface area contributed by atoms with Gasteiger partial charge in [0, 0.05) is 37.4 Å². The van der Waals surface area contributed by atoms with Gasteiger partial charge in [-0.25, -0.2) is 13.2 Å². The average Bonchev–Trinajstić information content (AvgIpc) is 2.81. The molecule has 1 aromatic rings. The van der Waals surface area contributed by atoms with Crippen LogP contribution < -0.4 is 0 Å². The van der Waals surface area contributed by atoms with Crippen LogP contribution in [-0.4, -0.2) is 63.4 Å². The first kappa shape index (κ1) is 16.3. The van der Waals surface area contributed by atoms with E-state index in [9.17, 15) is 18.3 Å². The van der Waals surface area contributed by atoms with Crippen molar-refractivity contribution in [1.29, 1.82) is 0 Å². The van der Waals surface area contributed by atoms with Gasteiger partial charge in [0.25, 0.3) is 0 Å². The van der Waals surface area contributed by atoms with Crippen molar-refractivity contribution >= 4 is 27.6 Å². The molecule has 0 spiro atoms. The summed E-state index contributed by atoms with van der Waals surface area (Å²) in [7, 11) is -1.52. The van der Waals surface area contributed by atoms with E-state index in [0.29, 0.717) is 18.0 Å². The van der Waals surface area contributed by atoms with E-state index >= 15 is 0 Å². The van der Waals surface area contributed by atoms with Crippen LogP contribution in [0.3, 0.4) is 0 Å². The molecule has 118 valence electrons. The largest absolute Gasteiger partial charge is 0.478 e. The number of aryl methyl sites for hydroxylation is 1. The lowest BCUT2D eigenvalue weighted by molar-refractivity contribution is 0.0694. The number of carboxylic acid groups (broad SMARTS) is 1. The molecule has 1 unspecified atom stereocenters. The van der Waals surface area contributed by atoms with Crippen LogP contribution in [-0.2, 0) is 23.4 Å². The Morgan fingerprint density at radius 1 is 1.57 bits per heavy atom. The fourth-order valence-corrected chi connectivity index (χ4v) is 5.42. The van der Waals surface area contributed by atoms with E-state index < -0.39 is 21.2 Å². The third-order valence-electron chi connectivity index (χ3n) is 3.65. The Bertz CT molecular complexity index is 626. The van der Waals surface area contributed by atoms with Gasteiger partial charge in [-0.3, -0.25) is 9.58 Å². The molecule has 0 aromatic carbocycles. The Balaban J connectivity index is 2.28. The van der Waals surface area contributed by atoms with Gasteiger partial charge in [-0.2, -0.15) is 16.9 Å². The molecule has 1 aromatic heterocycles. The summed E-state index contributed by atoms with van der Waals surface area (Å²) >= 11 is 1.62. The number of nitrogens with zero attached hydrogens (tertiary/aromatic N) is 3. The molecule has 1 fully saturated rings. The summed E-state index contributed by atoms with van der Waals surface area (Å²) in [5, 5.41) is 12.6. The normalized spacial score (nSPS) is 20.6. The van der Waals surface area contributed by atoms with E-state index in [-0.39, 0.29) is 17.9 Å². The predicted octanol–water partition coefficient (Wildman–Crippen LogP) is 0.428. The summed E-state index contributed by atoms with van der Waals surface area (Å²) < 4.78 is 25.9. The minimum Gasteiger partial charge on any atom is -0.478 e. The van der Waals surface area contributed by atoms with Crippen LogP contribution in [0.4, 0.5) is 0 Å². The van der Waals surface area contributed by atoms with Crippen LogP contribution in [0.25, 0.3) is 0 Å². The molecule has 1 saturated heterocycles. The third kappa shape index (κ3) is 3.41. The van der Waals surface area contributed by atoms with Gasteiger partial charge in [0.1, 0.15) is 10.9 Å². The molecule has 1 aliphatic heterocycles. The van der Waals surface area contributed by atoms with Gasteiger partial charge >= 0.3 is 5.97 Å². The first-order valence-corrected chi connectivity index (χ1v) is 9.51. The van der Waals surface area contributed by atoms with Gasteiger partial charge in [0.05, 0.1) is 11.9 Å². The number of hydrogen-bond acceptors (Lipinski definition) is 6. The van der Waals surface area contributed by atoms with Crippen LogP contribution in [0.5, 0.6) is 0 Å². The third-order valence-corrected chi connectivity index (χ3v) is 6.98. The lowest BCUT2D eigenvalue weighted by Gasteiger charge is -2.34. The number of rotatable bonds is 5. The minimum atomic E-state index is -3.19. The zero-order chi connectivity index (χ0) is 15.6. The van der Waals surface area contributed by atoms with Crippen molar-refractivity contribution in [2.45, 2.75) is 18.8 Å². The second-order valence-electron chi connectivity index (χ2n) is 4.89. The zero-order valence-electron chi connectivity index (χ0n) is 12.0. The molecule has 0 amide bonds. The lowest BCUT2D eigenvalue weighted by atomic mass is 10.2. The Kier molecular flexibility index (Phi) is 4.95. The highest BCUT2D eigenvalue weighted by atomic mass is 32.2. The number of carbonyl (C=O) groups is 1. The van der Waals surface area contributed by atoms with Gasteiger partial charge < -0.3 is 5.11 Å². The summed E-state index contributed by atoms with van der Waals surface area (Å²) in [5.74, 6) is 0.414. The van der Waals surface area contributed by atoms with Gasteiger partial charge in [0.2, 0.25) is 0 Å². The van der Waals surface area contributed by atoms with Gasteiger partial charge in [-0.1, -0.05) is 6.92 Å². The molecule has 9 heteroatoms. The summed E-state index contributed by atoms with van der Waals surface area (Å²) in [6, 6.07) is 0. The number of carboxylic acids is 1. The van der Waals surface area contributed by atoms with Gasteiger partial charge in [0.15, 0.2) is 9.84 Å². The maximum absolute atomic E-state index is 12.2. The molecule has 7 nitrogen and oxygen atoms in total. The zero-order valence-corrected chi connectivity index (χ0v) is 13.7. The second kappa shape index (κ2) is 6.37. The number of thioether (sulfide) groups is 1. The smallest absolute Gasteiger partial charge is 0.339 e. The first-order chi connectivity index (χ1) is 9.86. The van der Waals surface area contributed by atoms with Gasteiger partial charge in [-0.05, 0) is 0 Å². The quantitative estimate of drug-likeness (QED) is 0.835. The van der Waals surface area contributed by atoms with Crippen molar-refractivity contribution in [2.75, 3.05) is 23.8 Å². The molecule has 1 atom stereocenters. The molecular weight excluding hydrogens is 314 g/mol. The van der Waals surface area contributed by atoms with Crippen molar-refractivity contribution in [2.24, 2.45) is 7.05 Å². The average molecular weight is 333 g/mol. The highest BCUT2D eigenvalue weighted by Gasteiger charge is 2.34. The Labute approximate surface area is 128 Å². The summed E-state index contributed by atoms with van der Waals surface area (Å²) in [4.78, 5) is 13.1. The maximum Gasteiger partial charge on any atom is 0.339 e. The second-order valence-corrected chi connectivity index (χ2v) is 8.48. The van der Waals surface area contributed by atoms with Crippen molar-refractivity contribution in [3.05, 3.63) is 17.5 Å². The van der Waals surface area contributed by atoms with Crippen molar-refractivity contribution < 1.29 is 18.3 Å². The molecular formula is C12H19N3O4S2.